The van der Waals surface area contributed by atoms with Crippen molar-refractivity contribution >= 4 is 33.2 Å². The van der Waals surface area contributed by atoms with Crippen molar-refractivity contribution in [3.8, 4) is 21.9 Å². The third-order valence-electron chi connectivity index (χ3n) is 3.49. The van der Waals surface area contributed by atoms with Gasteiger partial charge in [-0.2, -0.15) is 0 Å². The number of halogens is 1. The number of benzene rings is 2. The molecule has 5 heteroatoms. The number of rotatable bonds is 5. The van der Waals surface area contributed by atoms with Crippen LogP contribution in [0.15, 0.2) is 64.5 Å². The molecule has 122 valence electrons. The van der Waals surface area contributed by atoms with Crippen LogP contribution in [0.1, 0.15) is 5.56 Å². The van der Waals surface area contributed by atoms with E-state index in [0.717, 1.165) is 32.0 Å². The van der Waals surface area contributed by atoms with Gasteiger partial charge in [-0.1, -0.05) is 18.2 Å². The van der Waals surface area contributed by atoms with Gasteiger partial charge in [0, 0.05) is 14.7 Å². The van der Waals surface area contributed by atoms with Gasteiger partial charge >= 0.3 is 5.97 Å². The van der Waals surface area contributed by atoms with E-state index in [4.69, 9.17) is 9.47 Å². The molecule has 0 N–H and O–H groups in total. The summed E-state index contributed by atoms with van der Waals surface area (Å²) in [6, 6.07) is 17.5. The molecule has 0 radical (unpaired) electrons. The Morgan fingerprint density at radius 1 is 1.04 bits per heavy atom. The van der Waals surface area contributed by atoms with Gasteiger partial charge in [-0.25, -0.2) is 0 Å². The Morgan fingerprint density at radius 3 is 2.38 bits per heavy atom. The van der Waals surface area contributed by atoms with Crippen LogP contribution in [0.25, 0.3) is 10.4 Å². The molecule has 0 aliphatic carbocycles. The summed E-state index contributed by atoms with van der Waals surface area (Å²) in [6.45, 7) is 0. The molecule has 3 aromatic rings. The number of esters is 1. The molecule has 0 aliphatic rings. The molecule has 1 aromatic heterocycles. The fourth-order valence-electron chi connectivity index (χ4n) is 2.28. The van der Waals surface area contributed by atoms with Gasteiger partial charge < -0.3 is 9.47 Å². The molecule has 0 spiro atoms. The molecule has 3 rings (SSSR count). The van der Waals surface area contributed by atoms with Crippen molar-refractivity contribution in [3.05, 3.63) is 70.0 Å². The highest BCUT2D eigenvalue weighted by molar-refractivity contribution is 9.10. The molecule has 0 aliphatic heterocycles. The van der Waals surface area contributed by atoms with Gasteiger partial charge in [0.25, 0.3) is 0 Å². The van der Waals surface area contributed by atoms with E-state index in [0.29, 0.717) is 0 Å². The first-order valence-electron chi connectivity index (χ1n) is 7.33. The molecule has 0 unspecified atom stereocenters. The highest BCUT2D eigenvalue weighted by Gasteiger charge is 2.15. The van der Waals surface area contributed by atoms with E-state index in [2.05, 4.69) is 15.9 Å². The summed E-state index contributed by atoms with van der Waals surface area (Å²) in [6.07, 6.45) is 0.248. The molecule has 0 fully saturated rings. The standard InChI is InChI=1S/C19H15BrO3S/c1-22-18(21)11-16-17(20)12-24-19(16)13-7-9-15(10-8-13)23-14-5-3-2-4-6-14/h2-10,12H,11H2,1H3. The molecule has 0 amide bonds. The van der Waals surface area contributed by atoms with E-state index in [1.807, 2.05) is 60.0 Å². The summed E-state index contributed by atoms with van der Waals surface area (Å²) < 4.78 is 11.5. The maximum absolute atomic E-state index is 11.6. The van der Waals surface area contributed by atoms with E-state index >= 15 is 0 Å². The second kappa shape index (κ2) is 7.64. The Hall–Kier alpha value is -2.11. The molecule has 1 heterocycles. The average molecular weight is 403 g/mol. The number of carbonyl (C=O) groups is 1. The first-order chi connectivity index (χ1) is 11.7. The van der Waals surface area contributed by atoms with Gasteiger partial charge in [0.05, 0.1) is 13.5 Å². The molecule has 3 nitrogen and oxygen atoms in total. The summed E-state index contributed by atoms with van der Waals surface area (Å²) in [7, 11) is 1.40. The molecule has 2 aromatic carbocycles. The van der Waals surface area contributed by atoms with E-state index in [1.165, 1.54) is 7.11 Å². The quantitative estimate of drug-likeness (QED) is 0.514. The normalized spacial score (nSPS) is 10.4. The zero-order chi connectivity index (χ0) is 16.9. The lowest BCUT2D eigenvalue weighted by Crippen LogP contribution is -2.04. The lowest BCUT2D eigenvalue weighted by atomic mass is 10.1. The predicted octanol–water partition coefficient (Wildman–Crippen LogP) is 5.69. The molecule has 0 bridgehead atoms. The third kappa shape index (κ3) is 3.86. The summed E-state index contributed by atoms with van der Waals surface area (Å²) in [5, 5.41) is 1.99. The minimum Gasteiger partial charge on any atom is -0.469 e. The second-order valence-corrected chi connectivity index (χ2v) is 6.82. The van der Waals surface area contributed by atoms with E-state index in [1.54, 1.807) is 11.3 Å². The Labute approximate surface area is 153 Å². The van der Waals surface area contributed by atoms with Crippen LogP contribution in [-0.4, -0.2) is 13.1 Å². The molecule has 0 atom stereocenters. The van der Waals surface area contributed by atoms with E-state index in [9.17, 15) is 4.79 Å². The summed E-state index contributed by atoms with van der Waals surface area (Å²) >= 11 is 5.10. The van der Waals surface area contributed by atoms with Crippen LogP contribution in [0.5, 0.6) is 11.5 Å². The highest BCUT2D eigenvalue weighted by atomic mass is 79.9. The van der Waals surface area contributed by atoms with Crippen molar-refractivity contribution < 1.29 is 14.3 Å². The van der Waals surface area contributed by atoms with Crippen molar-refractivity contribution in [2.45, 2.75) is 6.42 Å². The first-order valence-corrected chi connectivity index (χ1v) is 9.00. The number of methoxy groups -OCH3 is 1. The number of para-hydroxylation sites is 1. The van der Waals surface area contributed by atoms with Crippen LogP contribution >= 0.6 is 27.3 Å². The lowest BCUT2D eigenvalue weighted by molar-refractivity contribution is -0.139. The molecule has 0 saturated heterocycles. The number of thiophene rings is 1. The van der Waals surface area contributed by atoms with Gasteiger partial charge in [-0.3, -0.25) is 4.79 Å². The first kappa shape index (κ1) is 16.7. The van der Waals surface area contributed by atoms with Crippen LogP contribution in [0.2, 0.25) is 0 Å². The van der Waals surface area contributed by atoms with Gasteiger partial charge in [0.15, 0.2) is 0 Å². The molecular weight excluding hydrogens is 388 g/mol. The average Bonchev–Trinajstić information content (AvgIpc) is 2.97. The number of hydrogen-bond donors (Lipinski definition) is 0. The lowest BCUT2D eigenvalue weighted by Gasteiger charge is -2.08. The Bertz CT molecular complexity index is 826. The SMILES string of the molecule is COC(=O)Cc1c(Br)csc1-c1ccc(Oc2ccccc2)cc1. The van der Waals surface area contributed by atoms with Crippen LogP contribution in [0.4, 0.5) is 0 Å². The van der Waals surface area contributed by atoms with Crippen molar-refractivity contribution in [1.82, 2.24) is 0 Å². The third-order valence-corrected chi connectivity index (χ3v) is 5.57. The maximum atomic E-state index is 11.6. The summed E-state index contributed by atoms with van der Waals surface area (Å²) in [4.78, 5) is 12.7. The molecular formula is C19H15BrO3S. The fourth-order valence-corrected chi connectivity index (χ4v) is 3.99. The van der Waals surface area contributed by atoms with Crippen LogP contribution in [-0.2, 0) is 16.0 Å². The maximum Gasteiger partial charge on any atom is 0.310 e. The van der Waals surface area contributed by atoms with Crippen LogP contribution in [0.3, 0.4) is 0 Å². The number of carbonyl (C=O) groups excluding carboxylic acids is 1. The number of ether oxygens (including phenoxy) is 2. The Balaban J connectivity index is 1.82. The van der Waals surface area contributed by atoms with E-state index in [-0.39, 0.29) is 12.4 Å². The van der Waals surface area contributed by atoms with Crippen molar-refractivity contribution in [3.63, 3.8) is 0 Å². The zero-order valence-electron chi connectivity index (χ0n) is 13.0. The number of hydrogen-bond acceptors (Lipinski definition) is 4. The predicted molar refractivity (Wildman–Crippen MR) is 99.7 cm³/mol. The smallest absolute Gasteiger partial charge is 0.310 e. The molecule has 0 saturated carbocycles. The van der Waals surface area contributed by atoms with Crippen LogP contribution in [0, 0.1) is 0 Å². The second-order valence-electron chi connectivity index (χ2n) is 5.08. The van der Waals surface area contributed by atoms with Gasteiger partial charge in [-0.05, 0) is 63.5 Å². The van der Waals surface area contributed by atoms with Crippen molar-refractivity contribution in [2.75, 3.05) is 7.11 Å². The van der Waals surface area contributed by atoms with E-state index < -0.39 is 0 Å². The van der Waals surface area contributed by atoms with Crippen molar-refractivity contribution in [2.24, 2.45) is 0 Å². The monoisotopic (exact) mass is 402 g/mol. The van der Waals surface area contributed by atoms with Gasteiger partial charge in [0.2, 0.25) is 0 Å². The van der Waals surface area contributed by atoms with Crippen molar-refractivity contribution in [1.29, 1.82) is 0 Å². The zero-order valence-corrected chi connectivity index (χ0v) is 15.4. The minimum absolute atomic E-state index is 0.248. The van der Waals surface area contributed by atoms with Gasteiger partial charge in [0.1, 0.15) is 11.5 Å². The topological polar surface area (TPSA) is 35.5 Å². The summed E-state index contributed by atoms with van der Waals surface area (Å²) in [5.74, 6) is 1.32. The minimum atomic E-state index is -0.251. The Morgan fingerprint density at radius 2 is 1.71 bits per heavy atom. The fraction of sp³-hybridized carbons (Fsp3) is 0.105. The largest absolute Gasteiger partial charge is 0.469 e. The van der Waals surface area contributed by atoms with Crippen LogP contribution < -0.4 is 4.74 Å². The summed E-state index contributed by atoms with van der Waals surface area (Å²) in [5.41, 5.74) is 1.99. The highest BCUT2D eigenvalue weighted by Crippen LogP contribution is 2.37. The molecule has 24 heavy (non-hydrogen) atoms. The Kier molecular flexibility index (Phi) is 5.33. The van der Waals surface area contributed by atoms with Gasteiger partial charge in [-0.15, -0.1) is 11.3 Å².